The highest BCUT2D eigenvalue weighted by Crippen LogP contribution is 2.38. The first-order valence-electron chi connectivity index (χ1n) is 5.04. The minimum absolute atomic E-state index is 0.00948. The van der Waals surface area contributed by atoms with E-state index in [1.807, 2.05) is 6.92 Å². The molecule has 1 atom stereocenters. The number of carbonyl (C=O) groups is 1. The molecule has 86 valence electrons. The molecule has 16 heavy (non-hydrogen) atoms. The summed E-state index contributed by atoms with van der Waals surface area (Å²) >= 11 is 7.33. The maximum atomic E-state index is 12.0. The summed E-state index contributed by atoms with van der Waals surface area (Å²) in [5.74, 6) is 1.48. The van der Waals surface area contributed by atoms with Crippen LogP contribution in [-0.2, 0) is 4.79 Å². The topological polar surface area (TPSA) is 54.9 Å². The van der Waals surface area contributed by atoms with Crippen molar-refractivity contribution in [3.63, 3.8) is 0 Å². The fourth-order valence-corrected chi connectivity index (χ4v) is 2.97. The average Bonchev–Trinajstić information content (AvgIpc) is 2.66. The van der Waals surface area contributed by atoms with Crippen LogP contribution in [0, 0.1) is 0 Å². The highest BCUT2D eigenvalue weighted by Gasteiger charge is 2.37. The van der Waals surface area contributed by atoms with Crippen molar-refractivity contribution in [2.24, 2.45) is 0 Å². The first-order valence-corrected chi connectivity index (χ1v) is 6.40. The summed E-state index contributed by atoms with van der Waals surface area (Å²) in [4.78, 5) is 19.7. The van der Waals surface area contributed by atoms with Crippen molar-refractivity contribution in [1.82, 2.24) is 9.97 Å². The standard InChI is InChI=1S/C10H12ClN3OS/c1-10(4-2-6-16-10)8(15)13-7-3-5-12-9(11)14-7/h3,5H,2,4,6H2,1H3,(H,12,13,14,15). The predicted molar refractivity (Wildman–Crippen MR) is 65.8 cm³/mol. The lowest BCUT2D eigenvalue weighted by atomic mass is 10.1. The van der Waals surface area contributed by atoms with Gasteiger partial charge in [0.15, 0.2) is 0 Å². The molecule has 0 aliphatic carbocycles. The third-order valence-electron chi connectivity index (χ3n) is 2.57. The van der Waals surface area contributed by atoms with Gasteiger partial charge in [0.1, 0.15) is 5.82 Å². The summed E-state index contributed by atoms with van der Waals surface area (Å²) in [6, 6.07) is 1.63. The monoisotopic (exact) mass is 257 g/mol. The van der Waals surface area contributed by atoms with Crippen molar-refractivity contribution >= 4 is 35.1 Å². The van der Waals surface area contributed by atoms with E-state index in [0.29, 0.717) is 5.82 Å². The Balaban J connectivity index is 2.07. The van der Waals surface area contributed by atoms with E-state index in [1.165, 1.54) is 6.20 Å². The van der Waals surface area contributed by atoms with Crippen molar-refractivity contribution in [1.29, 1.82) is 0 Å². The lowest BCUT2D eigenvalue weighted by molar-refractivity contribution is -0.118. The van der Waals surface area contributed by atoms with Gasteiger partial charge in [-0.3, -0.25) is 4.79 Å². The number of carbonyl (C=O) groups excluding carboxylic acids is 1. The van der Waals surface area contributed by atoms with Crippen molar-refractivity contribution in [2.45, 2.75) is 24.5 Å². The van der Waals surface area contributed by atoms with Crippen LogP contribution in [0.5, 0.6) is 0 Å². The molecule has 6 heteroatoms. The Kier molecular flexibility index (Phi) is 3.35. The van der Waals surface area contributed by atoms with Crippen LogP contribution in [0.3, 0.4) is 0 Å². The number of nitrogens with zero attached hydrogens (tertiary/aromatic N) is 2. The second-order valence-corrected chi connectivity index (χ2v) is 5.78. The molecule has 0 saturated carbocycles. The van der Waals surface area contributed by atoms with E-state index < -0.39 is 0 Å². The number of hydrogen-bond donors (Lipinski definition) is 1. The second kappa shape index (κ2) is 4.59. The van der Waals surface area contributed by atoms with Gasteiger partial charge in [-0.2, -0.15) is 0 Å². The molecular formula is C10H12ClN3OS. The Labute approximate surface area is 103 Å². The predicted octanol–water partition coefficient (Wildman–Crippen LogP) is 2.35. The van der Waals surface area contributed by atoms with Crippen molar-refractivity contribution in [3.8, 4) is 0 Å². The van der Waals surface area contributed by atoms with Crippen LogP contribution in [0.25, 0.3) is 0 Å². The largest absolute Gasteiger partial charge is 0.309 e. The second-order valence-electron chi connectivity index (χ2n) is 3.85. The van der Waals surface area contributed by atoms with Gasteiger partial charge in [-0.25, -0.2) is 9.97 Å². The van der Waals surface area contributed by atoms with Gasteiger partial charge in [-0.05, 0) is 43.2 Å². The maximum Gasteiger partial charge on any atom is 0.241 e. The zero-order valence-electron chi connectivity index (χ0n) is 8.86. The third-order valence-corrected chi connectivity index (χ3v) is 4.27. The Morgan fingerprint density at radius 2 is 2.50 bits per heavy atom. The van der Waals surface area contributed by atoms with Gasteiger partial charge < -0.3 is 5.32 Å². The van der Waals surface area contributed by atoms with Crippen LogP contribution in [0.1, 0.15) is 19.8 Å². The molecule has 1 amide bonds. The zero-order chi connectivity index (χ0) is 11.6. The normalized spacial score (nSPS) is 24.4. The number of halogens is 1. The van der Waals surface area contributed by atoms with Crippen LogP contribution in [0.4, 0.5) is 5.82 Å². The van der Waals surface area contributed by atoms with E-state index >= 15 is 0 Å². The molecule has 0 spiro atoms. The molecule has 1 aliphatic rings. The van der Waals surface area contributed by atoms with Gasteiger partial charge in [0.05, 0.1) is 4.75 Å². The number of anilines is 1. The summed E-state index contributed by atoms with van der Waals surface area (Å²) in [5, 5.41) is 2.91. The lowest BCUT2D eigenvalue weighted by Crippen LogP contribution is -2.34. The van der Waals surface area contributed by atoms with Crippen LogP contribution in [0.2, 0.25) is 5.28 Å². The molecule has 1 N–H and O–H groups in total. The summed E-state index contributed by atoms with van der Waals surface area (Å²) in [6.45, 7) is 1.96. The van der Waals surface area contributed by atoms with Crippen LogP contribution >= 0.6 is 23.4 Å². The highest BCUT2D eigenvalue weighted by molar-refractivity contribution is 8.01. The SMILES string of the molecule is CC1(C(=O)Nc2ccnc(Cl)n2)CCCS1. The molecule has 0 radical (unpaired) electrons. The van der Waals surface area contributed by atoms with Crippen LogP contribution in [0.15, 0.2) is 12.3 Å². The van der Waals surface area contributed by atoms with Gasteiger partial charge >= 0.3 is 0 Å². The summed E-state index contributed by atoms with van der Waals surface area (Å²) in [6.07, 6.45) is 3.51. The van der Waals surface area contributed by atoms with Crippen molar-refractivity contribution in [2.75, 3.05) is 11.1 Å². The number of amides is 1. The zero-order valence-corrected chi connectivity index (χ0v) is 10.4. The molecule has 1 aromatic heterocycles. The highest BCUT2D eigenvalue weighted by atomic mass is 35.5. The minimum Gasteiger partial charge on any atom is -0.309 e. The Morgan fingerprint density at radius 3 is 3.12 bits per heavy atom. The van der Waals surface area contributed by atoms with E-state index in [2.05, 4.69) is 15.3 Å². The molecule has 1 aliphatic heterocycles. The average molecular weight is 258 g/mol. The summed E-state index contributed by atoms with van der Waals surface area (Å²) < 4.78 is -0.336. The molecule has 1 saturated heterocycles. The van der Waals surface area contributed by atoms with E-state index in [1.54, 1.807) is 17.8 Å². The molecule has 0 aromatic carbocycles. The summed E-state index contributed by atoms with van der Waals surface area (Å²) in [5.41, 5.74) is 0. The Bertz CT molecular complexity index is 407. The van der Waals surface area contributed by atoms with Gasteiger partial charge in [-0.1, -0.05) is 0 Å². The number of nitrogens with one attached hydrogen (secondary N) is 1. The molecular weight excluding hydrogens is 246 g/mol. The molecule has 0 bridgehead atoms. The number of thioether (sulfide) groups is 1. The first-order chi connectivity index (χ1) is 7.60. The summed E-state index contributed by atoms with van der Waals surface area (Å²) in [7, 11) is 0. The smallest absolute Gasteiger partial charge is 0.241 e. The molecule has 1 unspecified atom stereocenters. The van der Waals surface area contributed by atoms with Gasteiger partial charge in [0.2, 0.25) is 11.2 Å². The van der Waals surface area contributed by atoms with Crippen molar-refractivity contribution < 1.29 is 4.79 Å². The van der Waals surface area contributed by atoms with E-state index in [0.717, 1.165) is 18.6 Å². The third kappa shape index (κ3) is 2.47. The molecule has 2 rings (SSSR count). The molecule has 1 fully saturated rings. The quantitative estimate of drug-likeness (QED) is 0.827. The van der Waals surface area contributed by atoms with Crippen LogP contribution < -0.4 is 5.32 Å². The lowest BCUT2D eigenvalue weighted by Gasteiger charge is -2.20. The maximum absolute atomic E-state index is 12.0. The van der Waals surface area contributed by atoms with Gasteiger partial charge in [0, 0.05) is 6.20 Å². The van der Waals surface area contributed by atoms with Gasteiger partial charge in [0.25, 0.3) is 0 Å². The fourth-order valence-electron chi connectivity index (χ4n) is 1.61. The van der Waals surface area contributed by atoms with E-state index in [4.69, 9.17) is 11.6 Å². The number of rotatable bonds is 2. The van der Waals surface area contributed by atoms with E-state index in [-0.39, 0.29) is 15.9 Å². The van der Waals surface area contributed by atoms with E-state index in [9.17, 15) is 4.79 Å². The minimum atomic E-state index is -0.336. The molecule has 4 nitrogen and oxygen atoms in total. The Morgan fingerprint density at radius 1 is 1.69 bits per heavy atom. The van der Waals surface area contributed by atoms with Crippen LogP contribution in [-0.4, -0.2) is 26.4 Å². The van der Waals surface area contributed by atoms with Gasteiger partial charge in [-0.15, -0.1) is 11.8 Å². The van der Waals surface area contributed by atoms with Crippen molar-refractivity contribution in [3.05, 3.63) is 17.5 Å². The number of hydrogen-bond acceptors (Lipinski definition) is 4. The molecule has 2 heterocycles. The number of aromatic nitrogens is 2. The Hall–Kier alpha value is -0.810. The molecule has 1 aromatic rings. The fraction of sp³-hybridized carbons (Fsp3) is 0.500. The first kappa shape index (κ1) is 11.7.